The summed E-state index contributed by atoms with van der Waals surface area (Å²) >= 11 is 0. The minimum Gasteiger partial charge on any atom is -0.460 e. The molecule has 13 rings (SSSR count). The Hall–Kier alpha value is -11.5. The molecule has 4 amide bonds. The van der Waals surface area contributed by atoms with Crippen molar-refractivity contribution in [3.63, 3.8) is 0 Å². The first kappa shape index (κ1) is 103. The van der Waals surface area contributed by atoms with Gasteiger partial charge in [0.15, 0.2) is 17.0 Å². The third-order valence-electron chi connectivity index (χ3n) is 26.9. The number of piperazine rings is 1. The lowest BCUT2D eigenvalue weighted by Gasteiger charge is -2.42. The number of nitrogens with one attached hydrogen (secondary N) is 2. The van der Waals surface area contributed by atoms with Crippen LogP contribution in [0.15, 0.2) is 120 Å². The van der Waals surface area contributed by atoms with Gasteiger partial charge in [0, 0.05) is 153 Å². The van der Waals surface area contributed by atoms with Crippen LogP contribution in [0.5, 0.6) is 0 Å². The van der Waals surface area contributed by atoms with Gasteiger partial charge in [0.2, 0.25) is 23.6 Å². The molecule has 38 heteroatoms. The number of ketones is 3. The third-order valence-corrected chi connectivity index (χ3v) is 26.9. The van der Waals surface area contributed by atoms with Crippen LogP contribution in [-0.2, 0) is 102 Å². The fourth-order valence-corrected chi connectivity index (χ4v) is 18.8. The van der Waals surface area contributed by atoms with Crippen LogP contribution in [0, 0.1) is 35.5 Å². The molecule has 7 aromatic rings. The van der Waals surface area contributed by atoms with E-state index in [9.17, 15) is 48.6 Å². The van der Waals surface area contributed by atoms with Gasteiger partial charge in [-0.3, -0.25) is 28.8 Å². The number of nitrogens with two attached hydrogens (primary N) is 2. The molecule has 3 saturated heterocycles. The highest BCUT2D eigenvalue weighted by molar-refractivity contribution is 6.39. The number of benzene rings is 2. The molecule has 15 atom stereocenters. The summed E-state index contributed by atoms with van der Waals surface area (Å²) in [6.45, 7) is 19.1. The summed E-state index contributed by atoms with van der Waals surface area (Å²) in [6.07, 6.45) is 18.0. The average molecular weight is 1900 g/mol. The second-order valence-electron chi connectivity index (χ2n) is 36.8. The maximum atomic E-state index is 14.8. The molecular weight excluding hydrogens is 1760 g/mol. The second kappa shape index (κ2) is 49.2. The number of piperidine rings is 1. The van der Waals surface area contributed by atoms with Gasteiger partial charge in [0.1, 0.15) is 59.6 Å². The predicted molar refractivity (Wildman–Crippen MR) is 507 cm³/mol. The van der Waals surface area contributed by atoms with Gasteiger partial charge >= 0.3 is 12.1 Å². The number of hydrogen-bond donors (Lipinski definition) is 6. The summed E-state index contributed by atoms with van der Waals surface area (Å²) in [7, 11) is 4.48. The Balaban J connectivity index is 0.477. The Labute approximate surface area is 798 Å². The summed E-state index contributed by atoms with van der Waals surface area (Å²) in [6, 6.07) is 10.6. The van der Waals surface area contributed by atoms with Crippen molar-refractivity contribution in [2.75, 3.05) is 141 Å². The lowest BCUT2D eigenvalue weighted by atomic mass is 9.78. The maximum absolute atomic E-state index is 14.8. The number of aromatic nitrogens is 9. The number of carbonyl (C=O) groups excluding carboxylic acids is 8. The Morgan fingerprint density at radius 2 is 1.41 bits per heavy atom. The van der Waals surface area contributed by atoms with E-state index < -0.39 is 102 Å². The number of nitrogens with zero attached hydrogens (tertiary/aromatic N) is 13. The number of amides is 4. The van der Waals surface area contributed by atoms with E-state index in [4.69, 9.17) is 68.4 Å². The highest BCUT2D eigenvalue weighted by atomic mass is 16.6. The number of carbonyl (C=O) groups is 8. The number of fused-ring (bicyclic) bond motifs is 6. The van der Waals surface area contributed by atoms with Gasteiger partial charge in [0.25, 0.3) is 23.6 Å². The molecule has 1 unspecified atom stereocenters. The minimum atomic E-state index is -2.49. The van der Waals surface area contributed by atoms with E-state index in [1.54, 1.807) is 78.8 Å². The van der Waals surface area contributed by atoms with Crippen LogP contribution in [0.1, 0.15) is 165 Å². The Morgan fingerprint density at radius 1 is 0.701 bits per heavy atom. The number of hydrogen-bond acceptors (Lipinski definition) is 33. The molecular formula is C99H133N17O21. The van der Waals surface area contributed by atoms with Crippen molar-refractivity contribution in [2.24, 2.45) is 35.5 Å². The number of Topliss-reactive ketones (excluding diaryl/α,β-unsaturated/α-hetero) is 3. The van der Waals surface area contributed by atoms with E-state index in [2.05, 4.69) is 67.5 Å². The van der Waals surface area contributed by atoms with E-state index in [1.807, 2.05) is 78.9 Å². The number of methoxy groups -OCH3 is 3. The molecule has 137 heavy (non-hydrogen) atoms. The van der Waals surface area contributed by atoms with Crippen LogP contribution in [0.25, 0.3) is 33.4 Å². The number of ether oxygens (including phenoxy) is 10. The predicted octanol–water partition coefficient (Wildman–Crippen LogP) is 8.95. The van der Waals surface area contributed by atoms with E-state index in [0.29, 0.717) is 193 Å². The highest BCUT2D eigenvalue weighted by Gasteiger charge is 2.53. The molecule has 10 heterocycles. The molecule has 2 aromatic carbocycles. The molecule has 5 aliphatic heterocycles. The van der Waals surface area contributed by atoms with Crippen LogP contribution in [-0.4, -0.2) is 286 Å². The number of aliphatic hydroxyl groups excluding tert-OH is 1. The van der Waals surface area contributed by atoms with E-state index in [0.717, 1.165) is 33.4 Å². The minimum absolute atomic E-state index is 0.0240. The number of esters is 1. The molecule has 1 aliphatic carbocycles. The summed E-state index contributed by atoms with van der Waals surface area (Å²) in [5.41, 5.74) is 21.0. The van der Waals surface area contributed by atoms with Gasteiger partial charge in [0.05, 0.1) is 88.7 Å². The normalized spacial score (nSPS) is 26.5. The van der Waals surface area contributed by atoms with Crippen molar-refractivity contribution in [3.8, 4) is 11.3 Å². The highest BCUT2D eigenvalue weighted by Crippen LogP contribution is 2.40. The zero-order chi connectivity index (χ0) is 97.4. The quantitative estimate of drug-likeness (QED) is 0.0106. The second-order valence-corrected chi connectivity index (χ2v) is 36.8. The fraction of sp³-hybridized carbons (Fsp3) is 0.576. The van der Waals surface area contributed by atoms with Crippen molar-refractivity contribution in [1.29, 1.82) is 0 Å². The standard InChI is InChI=1S/C99H133N17O21/c1-60-16-12-11-13-17-61(2)80(127-8)50-74-24-19-66(7)99(126,137-74)89(121)93(123)115-30-15-14-18-76(115)94(124)134-81(51-77(117)62(3)45-65(6)87(120)88(129-10)86(119)64(5)44-60)63(4)46-67-21-25-79(82(48-67)128-9)136-98(125)102-29-37-131-39-41-133-43-42-132-40-38-130-36-28-83(118)103-52-69-53-104-96(105-54-69)112-32-34-113(35-33-112)97-106-55-73(56-107-97)92(122)114-31-27-70-47-68(20-22-72(70)58-114)57-116-91-84(90(100)108-59-109-91)85(111-116)71-23-26-78-75(49-71)110-95(101)135-78/h11-13,16-17,20,22-23,26,45,47,49,53-56,59-60,62-64,66-67,74,76,79-82,87-88,120,126H,14-15,18-19,21,24-25,27-44,46,48,50-52,57-58H2,1-10H3,(H2,101,110)(H,102,125)(H,103,118)(H2,100,108,109)/b13-11+,16-12+,61-17+,65-45+/t60-,62-,63-,64-,66-,67+,74+,76+,79-,80?,81+,82-,87-,88+,99-/m1/s1. The first-order chi connectivity index (χ1) is 66.1. The molecule has 0 radical (unpaired) electrons. The van der Waals surface area contributed by atoms with Crippen molar-refractivity contribution >= 4 is 93.0 Å². The molecule has 1 saturated carbocycles. The van der Waals surface area contributed by atoms with Crippen molar-refractivity contribution in [3.05, 3.63) is 143 Å². The largest absolute Gasteiger partial charge is 0.460 e. The van der Waals surface area contributed by atoms with Gasteiger partial charge in [-0.1, -0.05) is 89.3 Å². The van der Waals surface area contributed by atoms with Crippen molar-refractivity contribution in [1.82, 2.24) is 65.1 Å². The number of rotatable bonds is 30. The molecule has 38 nitrogen and oxygen atoms in total. The molecule has 2 bridgehead atoms. The topological polar surface area (TPSA) is 480 Å². The van der Waals surface area contributed by atoms with Gasteiger partial charge in [-0.25, -0.2) is 44.2 Å². The first-order valence-electron chi connectivity index (χ1n) is 47.7. The van der Waals surface area contributed by atoms with Gasteiger partial charge in [-0.2, -0.15) is 10.1 Å². The zero-order valence-electron chi connectivity index (χ0n) is 80.1. The summed E-state index contributed by atoms with van der Waals surface area (Å²) in [5, 5.41) is 35.0. The van der Waals surface area contributed by atoms with Gasteiger partial charge in [-0.05, 0) is 148 Å². The number of allylic oxidation sites excluding steroid dienone is 6. The number of anilines is 4. The summed E-state index contributed by atoms with van der Waals surface area (Å²) < 4.78 is 65.9. The number of oxazole rings is 1. The number of alkyl carbamates (subject to hydrolysis) is 1. The monoisotopic (exact) mass is 1900 g/mol. The smallest absolute Gasteiger partial charge is 0.407 e. The van der Waals surface area contributed by atoms with Crippen LogP contribution < -0.4 is 31.9 Å². The molecule has 8 N–H and O–H groups in total. The average Bonchev–Trinajstić information content (AvgIpc) is 1.74. The lowest BCUT2D eigenvalue weighted by molar-refractivity contribution is -0.265. The van der Waals surface area contributed by atoms with E-state index in [-0.39, 0.29) is 113 Å². The number of aliphatic hydroxyl groups is 2. The number of cyclic esters (lactones) is 1. The summed E-state index contributed by atoms with van der Waals surface area (Å²) in [4.78, 5) is 151. The van der Waals surface area contributed by atoms with E-state index >= 15 is 0 Å². The fourth-order valence-electron chi connectivity index (χ4n) is 18.8. The van der Waals surface area contributed by atoms with Crippen molar-refractivity contribution < 1.29 is 100 Å². The molecule has 4 fully saturated rings. The van der Waals surface area contributed by atoms with E-state index in [1.165, 1.54) is 18.3 Å². The van der Waals surface area contributed by atoms with Crippen LogP contribution in [0.4, 0.5) is 28.5 Å². The molecule has 0 spiro atoms. The van der Waals surface area contributed by atoms with Crippen LogP contribution in [0.3, 0.4) is 0 Å². The van der Waals surface area contributed by atoms with Crippen LogP contribution in [0.2, 0.25) is 0 Å². The molecule has 740 valence electrons. The van der Waals surface area contributed by atoms with Gasteiger partial charge < -0.3 is 104 Å². The van der Waals surface area contributed by atoms with Crippen LogP contribution >= 0.6 is 0 Å². The number of nitrogen functional groups attached to an aromatic ring is 2. The molecule has 6 aliphatic rings. The SMILES string of the molecule is COC1C[C@@H]2CC[C@@H](C)[C@@](O)(O2)C(=O)C(=O)N2CCCC[C@H]2C(=O)O[C@H]([C@H](C)C[C@@H]2CC[C@@H](OC(=O)NCCOCCOCCOCCOCCC(=O)NCc3cnc(N4CCN(c5ncc(C(=O)N6CCc7cc(Cn8nc(-c9ccc%10oc(N)nc%10c9)c9c(N)ncnc98)ccc7C6)cn5)CC4)nc3)[C@H](OC)C2)CC(=O)[C@H](C)/C=C(\C)[C@@H](O)[C@@H](OC)C(=O)[C@H](C)C[C@H](C)/C=C/C=C/C=C/1C. The third kappa shape index (κ3) is 27.1. The lowest BCUT2D eigenvalue weighted by Crippen LogP contribution is -2.61. The Morgan fingerprint density at radius 3 is 2.12 bits per heavy atom. The van der Waals surface area contributed by atoms with Gasteiger partial charge in [-0.15, -0.1) is 0 Å². The molecule has 5 aromatic heterocycles. The zero-order valence-corrected chi connectivity index (χ0v) is 80.1. The first-order valence-corrected chi connectivity index (χ1v) is 47.7. The maximum Gasteiger partial charge on any atom is 0.407 e. The Kier molecular flexibility index (Phi) is 37.0. The van der Waals surface area contributed by atoms with Crippen molar-refractivity contribution in [2.45, 2.75) is 213 Å². The Bertz CT molecular complexity index is 5410. The summed E-state index contributed by atoms with van der Waals surface area (Å²) in [5.74, 6) is -7.65.